The van der Waals surface area contributed by atoms with Crippen molar-refractivity contribution in [1.29, 1.82) is 0 Å². The first kappa shape index (κ1) is 18.7. The van der Waals surface area contributed by atoms with E-state index in [9.17, 15) is 0 Å². The second-order valence-electron chi connectivity index (χ2n) is 5.73. The second-order valence-corrected chi connectivity index (χ2v) is 8.16. The van der Waals surface area contributed by atoms with E-state index in [1.807, 2.05) is 40.6 Å². The molecule has 2 aromatic heterocycles. The van der Waals surface area contributed by atoms with E-state index in [0.717, 1.165) is 28.4 Å². The summed E-state index contributed by atoms with van der Waals surface area (Å²) < 4.78 is 3.06. The van der Waals surface area contributed by atoms with Crippen LogP contribution in [0.3, 0.4) is 0 Å². The Morgan fingerprint density at radius 1 is 1.19 bits per heavy atom. The van der Waals surface area contributed by atoms with Crippen LogP contribution in [0.5, 0.6) is 0 Å². The van der Waals surface area contributed by atoms with E-state index in [0.29, 0.717) is 11.8 Å². The van der Waals surface area contributed by atoms with Gasteiger partial charge in [0, 0.05) is 34.4 Å². The molecule has 0 radical (unpaired) electrons. The average Bonchev–Trinajstić information content (AvgIpc) is 3.07. The van der Waals surface area contributed by atoms with Gasteiger partial charge in [-0.15, -0.1) is 22.0 Å². The summed E-state index contributed by atoms with van der Waals surface area (Å²) in [5.41, 5.74) is 0.840. The third-order valence-electron chi connectivity index (χ3n) is 3.73. The molecule has 1 atom stereocenters. The average molecular weight is 433 g/mol. The number of guanidine groups is 1. The predicted octanol–water partition coefficient (Wildman–Crippen LogP) is 3.34. The molecule has 6 nitrogen and oxygen atoms in total. The van der Waals surface area contributed by atoms with Crippen LogP contribution in [0.25, 0.3) is 5.65 Å². The summed E-state index contributed by atoms with van der Waals surface area (Å²) in [7, 11) is 1.77. The Balaban J connectivity index is 1.49. The number of aliphatic imine (C=N–C) groups is 1. The normalized spacial score (nSPS) is 13.0. The smallest absolute Gasteiger partial charge is 0.191 e. The van der Waals surface area contributed by atoms with Gasteiger partial charge in [-0.2, -0.15) is 0 Å². The molecule has 0 saturated heterocycles. The number of halogens is 1. The van der Waals surface area contributed by atoms with Crippen molar-refractivity contribution < 1.29 is 0 Å². The van der Waals surface area contributed by atoms with Gasteiger partial charge in [0.1, 0.15) is 0 Å². The first-order valence-electron chi connectivity index (χ1n) is 8.31. The zero-order chi connectivity index (χ0) is 18.4. The number of nitrogens with zero attached hydrogens (tertiary/aromatic N) is 4. The minimum Gasteiger partial charge on any atom is -0.355 e. The summed E-state index contributed by atoms with van der Waals surface area (Å²) in [6.07, 6.45) is 1.96. The van der Waals surface area contributed by atoms with E-state index in [1.54, 1.807) is 7.05 Å². The van der Waals surface area contributed by atoms with Gasteiger partial charge >= 0.3 is 0 Å². The van der Waals surface area contributed by atoms with Crippen molar-refractivity contribution in [2.45, 2.75) is 23.6 Å². The summed E-state index contributed by atoms with van der Waals surface area (Å²) >= 11 is 5.29. The van der Waals surface area contributed by atoms with Crippen molar-refractivity contribution in [2.24, 2.45) is 4.99 Å². The number of thioether (sulfide) groups is 1. The van der Waals surface area contributed by atoms with E-state index in [2.05, 4.69) is 72.9 Å². The zero-order valence-electron chi connectivity index (χ0n) is 14.7. The summed E-state index contributed by atoms with van der Waals surface area (Å²) in [5.74, 6) is 1.60. The zero-order valence-corrected chi connectivity index (χ0v) is 17.1. The van der Waals surface area contributed by atoms with E-state index in [-0.39, 0.29) is 0 Å². The standard InChI is InChI=1S/C18H21BrN6S/c1-13(26-15-8-6-14(19)7-9-15)11-21-18(20-2)22-12-17-24-23-16-5-3-4-10-25(16)17/h3-10,13H,11-12H2,1-2H3,(H2,20,21,22). The molecule has 26 heavy (non-hydrogen) atoms. The highest BCUT2D eigenvalue weighted by Gasteiger charge is 2.08. The van der Waals surface area contributed by atoms with Gasteiger partial charge in [-0.3, -0.25) is 9.39 Å². The number of pyridine rings is 1. The maximum absolute atomic E-state index is 4.28. The van der Waals surface area contributed by atoms with Crippen molar-refractivity contribution >= 4 is 39.3 Å². The van der Waals surface area contributed by atoms with Crippen LogP contribution < -0.4 is 10.6 Å². The molecule has 1 unspecified atom stereocenters. The lowest BCUT2D eigenvalue weighted by Crippen LogP contribution is -2.39. The summed E-state index contributed by atoms with van der Waals surface area (Å²) in [6, 6.07) is 14.2. The first-order valence-corrected chi connectivity index (χ1v) is 9.98. The lowest BCUT2D eigenvalue weighted by molar-refractivity contribution is 0.755. The largest absolute Gasteiger partial charge is 0.355 e. The maximum Gasteiger partial charge on any atom is 0.191 e. The lowest BCUT2D eigenvalue weighted by Gasteiger charge is -2.15. The highest BCUT2D eigenvalue weighted by Crippen LogP contribution is 2.24. The molecule has 0 fully saturated rings. The molecule has 2 heterocycles. The molecule has 2 N–H and O–H groups in total. The molecule has 3 aromatic rings. The van der Waals surface area contributed by atoms with Crippen LogP contribution in [-0.4, -0.2) is 39.4 Å². The Hall–Kier alpha value is -2.06. The molecule has 0 amide bonds. The molecule has 0 saturated carbocycles. The Labute approximate surface area is 165 Å². The van der Waals surface area contributed by atoms with Crippen molar-refractivity contribution in [1.82, 2.24) is 25.2 Å². The molecule has 0 aliphatic carbocycles. The third kappa shape index (κ3) is 4.98. The van der Waals surface area contributed by atoms with Crippen LogP contribution in [0.1, 0.15) is 12.7 Å². The van der Waals surface area contributed by atoms with Gasteiger partial charge in [0.25, 0.3) is 0 Å². The second kappa shape index (κ2) is 9.05. The Kier molecular flexibility index (Phi) is 6.51. The molecule has 8 heteroatoms. The summed E-state index contributed by atoms with van der Waals surface area (Å²) in [5, 5.41) is 15.4. The number of aromatic nitrogens is 3. The van der Waals surface area contributed by atoms with Gasteiger partial charge in [0.15, 0.2) is 17.4 Å². The first-order chi connectivity index (χ1) is 12.7. The minimum absolute atomic E-state index is 0.406. The molecule has 0 aliphatic rings. The molecular formula is C18H21BrN6S. The van der Waals surface area contributed by atoms with Gasteiger partial charge in [-0.1, -0.05) is 28.9 Å². The fourth-order valence-corrected chi connectivity index (χ4v) is 3.61. The monoisotopic (exact) mass is 432 g/mol. The van der Waals surface area contributed by atoms with Crippen LogP contribution in [0.2, 0.25) is 0 Å². The van der Waals surface area contributed by atoms with Gasteiger partial charge in [-0.05, 0) is 36.4 Å². The van der Waals surface area contributed by atoms with E-state index < -0.39 is 0 Å². The summed E-state index contributed by atoms with van der Waals surface area (Å²) in [4.78, 5) is 5.53. The van der Waals surface area contributed by atoms with Crippen LogP contribution in [0.4, 0.5) is 0 Å². The molecule has 0 spiro atoms. The molecular weight excluding hydrogens is 412 g/mol. The van der Waals surface area contributed by atoms with Crippen LogP contribution >= 0.6 is 27.7 Å². The number of hydrogen-bond acceptors (Lipinski definition) is 4. The highest BCUT2D eigenvalue weighted by atomic mass is 79.9. The third-order valence-corrected chi connectivity index (χ3v) is 5.37. The quantitative estimate of drug-likeness (QED) is 0.355. The fourth-order valence-electron chi connectivity index (χ4n) is 2.42. The SMILES string of the molecule is CN=C(NCc1nnc2ccccn12)NCC(C)Sc1ccc(Br)cc1. The number of nitrogens with one attached hydrogen (secondary N) is 2. The molecule has 0 bridgehead atoms. The van der Waals surface area contributed by atoms with Crippen molar-refractivity contribution in [3.63, 3.8) is 0 Å². The van der Waals surface area contributed by atoms with Crippen molar-refractivity contribution in [2.75, 3.05) is 13.6 Å². The molecule has 1 aromatic carbocycles. The van der Waals surface area contributed by atoms with Gasteiger partial charge < -0.3 is 10.6 Å². The van der Waals surface area contributed by atoms with Crippen LogP contribution in [0, 0.1) is 0 Å². The van der Waals surface area contributed by atoms with E-state index in [4.69, 9.17) is 0 Å². The lowest BCUT2D eigenvalue weighted by atomic mass is 10.4. The van der Waals surface area contributed by atoms with Gasteiger partial charge in [0.2, 0.25) is 0 Å². The van der Waals surface area contributed by atoms with Crippen LogP contribution in [-0.2, 0) is 6.54 Å². The van der Waals surface area contributed by atoms with Gasteiger partial charge in [0.05, 0.1) is 6.54 Å². The predicted molar refractivity (Wildman–Crippen MR) is 111 cm³/mol. The van der Waals surface area contributed by atoms with Crippen molar-refractivity contribution in [3.05, 3.63) is 59.0 Å². The molecule has 3 rings (SSSR count). The van der Waals surface area contributed by atoms with E-state index in [1.165, 1.54) is 4.90 Å². The Morgan fingerprint density at radius 2 is 2.00 bits per heavy atom. The Bertz CT molecular complexity index is 877. The number of benzene rings is 1. The maximum atomic E-state index is 4.28. The topological polar surface area (TPSA) is 66.6 Å². The number of hydrogen-bond donors (Lipinski definition) is 2. The van der Waals surface area contributed by atoms with E-state index >= 15 is 0 Å². The minimum atomic E-state index is 0.406. The Morgan fingerprint density at radius 3 is 2.77 bits per heavy atom. The number of fused-ring (bicyclic) bond motifs is 1. The van der Waals surface area contributed by atoms with Gasteiger partial charge in [-0.25, -0.2) is 0 Å². The van der Waals surface area contributed by atoms with Crippen molar-refractivity contribution in [3.8, 4) is 0 Å². The number of rotatable bonds is 6. The van der Waals surface area contributed by atoms with Crippen LogP contribution in [0.15, 0.2) is 63.0 Å². The molecule has 0 aliphatic heterocycles. The highest BCUT2D eigenvalue weighted by molar-refractivity contribution is 9.10. The fraction of sp³-hybridized carbons (Fsp3) is 0.278. The summed E-state index contributed by atoms with van der Waals surface area (Å²) in [6.45, 7) is 3.55. The molecule has 136 valence electrons.